The van der Waals surface area contributed by atoms with Crippen molar-refractivity contribution in [1.82, 2.24) is 20.1 Å². The van der Waals surface area contributed by atoms with Gasteiger partial charge in [-0.1, -0.05) is 23.2 Å². The second kappa shape index (κ2) is 7.92. The highest BCUT2D eigenvalue weighted by Crippen LogP contribution is 2.29. The molecule has 6 heteroatoms. The molecule has 6 nitrogen and oxygen atoms in total. The summed E-state index contributed by atoms with van der Waals surface area (Å²) in [5.41, 5.74) is 4.46. The summed E-state index contributed by atoms with van der Waals surface area (Å²) in [6.07, 6.45) is 5.06. The standard InChI is InChI=1S/C20H32N4O2/c1-13-17(15(3)25-21-13)11-23(5)19-9-7-8-10-20(19)24(6)12-18-14(2)22-26-16(18)4/h19-20H,7-12H2,1-6H3/t19-,20-/m0/s1. The minimum absolute atomic E-state index is 0.530. The SMILES string of the molecule is Cc1noc(C)c1CN(C)[C@H]1CCCC[C@@H]1N(C)Cc1c(C)noc1C. The summed E-state index contributed by atoms with van der Waals surface area (Å²) < 4.78 is 10.7. The third-order valence-electron chi connectivity index (χ3n) is 6.00. The van der Waals surface area contributed by atoms with Crippen molar-refractivity contribution in [3.05, 3.63) is 34.0 Å². The van der Waals surface area contributed by atoms with Gasteiger partial charge >= 0.3 is 0 Å². The molecular weight excluding hydrogens is 328 g/mol. The van der Waals surface area contributed by atoms with E-state index in [1.807, 2.05) is 27.7 Å². The Hall–Kier alpha value is -1.66. The molecule has 2 atom stereocenters. The third kappa shape index (κ3) is 3.86. The van der Waals surface area contributed by atoms with Crippen LogP contribution in [0.15, 0.2) is 9.05 Å². The Morgan fingerprint density at radius 3 is 1.46 bits per heavy atom. The molecule has 2 aromatic heterocycles. The molecule has 26 heavy (non-hydrogen) atoms. The average Bonchev–Trinajstić information content (AvgIpc) is 3.11. The molecule has 1 saturated carbocycles. The lowest BCUT2D eigenvalue weighted by atomic mass is 9.88. The van der Waals surface area contributed by atoms with Crippen molar-refractivity contribution in [3.63, 3.8) is 0 Å². The number of nitrogens with zero attached hydrogens (tertiary/aromatic N) is 4. The van der Waals surface area contributed by atoms with Crippen LogP contribution < -0.4 is 0 Å². The van der Waals surface area contributed by atoms with Crippen LogP contribution in [0.5, 0.6) is 0 Å². The topological polar surface area (TPSA) is 58.5 Å². The summed E-state index contributed by atoms with van der Waals surface area (Å²) >= 11 is 0. The van der Waals surface area contributed by atoms with E-state index in [4.69, 9.17) is 9.05 Å². The number of aryl methyl sites for hydroxylation is 4. The van der Waals surface area contributed by atoms with Crippen LogP contribution in [0.2, 0.25) is 0 Å². The van der Waals surface area contributed by atoms with Crippen LogP contribution >= 0.6 is 0 Å². The first kappa shape index (κ1) is 19.1. The smallest absolute Gasteiger partial charge is 0.138 e. The van der Waals surface area contributed by atoms with Crippen LogP contribution in [0, 0.1) is 27.7 Å². The number of rotatable bonds is 6. The van der Waals surface area contributed by atoms with Crippen LogP contribution in [-0.2, 0) is 13.1 Å². The average molecular weight is 361 g/mol. The van der Waals surface area contributed by atoms with E-state index in [2.05, 4.69) is 34.2 Å². The number of hydrogen-bond acceptors (Lipinski definition) is 6. The molecule has 0 spiro atoms. The fourth-order valence-electron chi connectivity index (χ4n) is 4.31. The molecule has 1 fully saturated rings. The van der Waals surface area contributed by atoms with Crippen LogP contribution in [0.3, 0.4) is 0 Å². The predicted octanol–water partition coefficient (Wildman–Crippen LogP) is 3.77. The van der Waals surface area contributed by atoms with E-state index in [1.54, 1.807) is 0 Å². The second-order valence-electron chi connectivity index (χ2n) is 7.85. The minimum Gasteiger partial charge on any atom is -0.361 e. The van der Waals surface area contributed by atoms with E-state index in [9.17, 15) is 0 Å². The monoisotopic (exact) mass is 360 g/mol. The zero-order valence-electron chi connectivity index (χ0n) is 17.0. The summed E-state index contributed by atoms with van der Waals surface area (Å²) in [6, 6.07) is 1.06. The van der Waals surface area contributed by atoms with Gasteiger partial charge in [-0.3, -0.25) is 9.80 Å². The van der Waals surface area contributed by atoms with Gasteiger partial charge in [0.05, 0.1) is 11.4 Å². The van der Waals surface area contributed by atoms with Crippen molar-refractivity contribution in [2.75, 3.05) is 14.1 Å². The van der Waals surface area contributed by atoms with Crippen molar-refractivity contribution in [3.8, 4) is 0 Å². The highest BCUT2D eigenvalue weighted by Gasteiger charge is 2.32. The third-order valence-corrected chi connectivity index (χ3v) is 6.00. The summed E-state index contributed by atoms with van der Waals surface area (Å²) in [4.78, 5) is 4.97. The fraction of sp³-hybridized carbons (Fsp3) is 0.700. The van der Waals surface area contributed by atoms with E-state index >= 15 is 0 Å². The number of hydrogen-bond donors (Lipinski definition) is 0. The van der Waals surface area contributed by atoms with Crippen molar-refractivity contribution >= 4 is 0 Å². The second-order valence-corrected chi connectivity index (χ2v) is 7.85. The summed E-state index contributed by atoms with van der Waals surface area (Å²) in [6.45, 7) is 9.85. The lowest BCUT2D eigenvalue weighted by Crippen LogP contribution is -2.50. The lowest BCUT2D eigenvalue weighted by Gasteiger charge is -2.42. The summed E-state index contributed by atoms with van der Waals surface area (Å²) in [5, 5.41) is 8.22. The zero-order chi connectivity index (χ0) is 18.8. The molecule has 0 saturated heterocycles. The Morgan fingerprint density at radius 2 is 1.15 bits per heavy atom. The first-order chi connectivity index (χ1) is 12.4. The Kier molecular flexibility index (Phi) is 5.82. The van der Waals surface area contributed by atoms with E-state index in [-0.39, 0.29) is 0 Å². The largest absolute Gasteiger partial charge is 0.361 e. The zero-order valence-corrected chi connectivity index (χ0v) is 17.0. The lowest BCUT2D eigenvalue weighted by molar-refractivity contribution is 0.0687. The van der Waals surface area contributed by atoms with Gasteiger partial charge in [0.1, 0.15) is 11.5 Å². The number of likely N-dealkylation sites (N-methyl/N-ethyl adjacent to an activating group) is 2. The van der Waals surface area contributed by atoms with Gasteiger partial charge in [0.15, 0.2) is 0 Å². The van der Waals surface area contributed by atoms with Crippen molar-refractivity contribution in [1.29, 1.82) is 0 Å². The highest BCUT2D eigenvalue weighted by atomic mass is 16.5. The molecule has 3 rings (SSSR count). The van der Waals surface area contributed by atoms with Gasteiger partial charge < -0.3 is 9.05 Å². The molecule has 1 aliphatic carbocycles. The normalized spacial score (nSPS) is 21.1. The molecule has 0 bridgehead atoms. The van der Waals surface area contributed by atoms with Gasteiger partial charge in [-0.15, -0.1) is 0 Å². The Labute approximate surface area is 156 Å². The van der Waals surface area contributed by atoms with Crippen LogP contribution in [0.1, 0.15) is 59.7 Å². The predicted molar refractivity (Wildman–Crippen MR) is 101 cm³/mol. The number of aromatic nitrogens is 2. The van der Waals surface area contributed by atoms with Gasteiger partial charge in [-0.2, -0.15) is 0 Å². The van der Waals surface area contributed by atoms with E-state index < -0.39 is 0 Å². The van der Waals surface area contributed by atoms with E-state index in [0.29, 0.717) is 12.1 Å². The maximum Gasteiger partial charge on any atom is 0.138 e. The molecule has 0 aliphatic heterocycles. The molecule has 2 aromatic rings. The van der Waals surface area contributed by atoms with Gasteiger partial charge in [-0.05, 0) is 54.6 Å². The van der Waals surface area contributed by atoms with Gasteiger partial charge in [0.2, 0.25) is 0 Å². The highest BCUT2D eigenvalue weighted by molar-refractivity contribution is 5.21. The molecule has 0 amide bonds. The quantitative estimate of drug-likeness (QED) is 0.781. The molecule has 144 valence electrons. The molecule has 0 N–H and O–H groups in total. The molecule has 1 aliphatic rings. The molecule has 0 unspecified atom stereocenters. The first-order valence-electron chi connectivity index (χ1n) is 9.62. The Morgan fingerprint density at radius 1 is 0.769 bits per heavy atom. The van der Waals surface area contributed by atoms with Crippen molar-refractivity contribution in [2.45, 2.75) is 78.6 Å². The van der Waals surface area contributed by atoms with Crippen LogP contribution in [0.4, 0.5) is 0 Å². The van der Waals surface area contributed by atoms with Crippen LogP contribution in [-0.4, -0.2) is 46.3 Å². The van der Waals surface area contributed by atoms with E-state index in [0.717, 1.165) is 36.0 Å². The van der Waals surface area contributed by atoms with Gasteiger partial charge in [-0.25, -0.2) is 0 Å². The fourth-order valence-corrected chi connectivity index (χ4v) is 4.31. The summed E-state index contributed by atoms with van der Waals surface area (Å²) in [7, 11) is 4.47. The van der Waals surface area contributed by atoms with E-state index in [1.165, 1.54) is 36.8 Å². The first-order valence-corrected chi connectivity index (χ1v) is 9.62. The minimum atomic E-state index is 0.530. The molecular formula is C20H32N4O2. The van der Waals surface area contributed by atoms with Gasteiger partial charge in [0, 0.05) is 36.3 Å². The summed E-state index contributed by atoms with van der Waals surface area (Å²) in [5.74, 6) is 1.87. The Balaban J connectivity index is 1.72. The maximum absolute atomic E-state index is 5.35. The van der Waals surface area contributed by atoms with Crippen LogP contribution in [0.25, 0.3) is 0 Å². The molecule has 0 aromatic carbocycles. The molecule has 0 radical (unpaired) electrons. The Bertz CT molecular complexity index is 635. The van der Waals surface area contributed by atoms with Crippen molar-refractivity contribution in [2.24, 2.45) is 0 Å². The maximum atomic E-state index is 5.35. The van der Waals surface area contributed by atoms with Crippen molar-refractivity contribution < 1.29 is 9.05 Å². The molecule has 2 heterocycles. The van der Waals surface area contributed by atoms with Gasteiger partial charge in [0.25, 0.3) is 0 Å².